The number of anilines is 1. The van der Waals surface area contributed by atoms with Crippen LogP contribution in [-0.4, -0.2) is 63.2 Å². The number of amides is 2. The van der Waals surface area contributed by atoms with Gasteiger partial charge in [0, 0.05) is 5.69 Å². The average molecular weight is 202 g/mol. The zero-order chi connectivity index (χ0) is 8.72. The summed E-state index contributed by atoms with van der Waals surface area (Å²) in [6.45, 7) is 0. The molecule has 3 N–H and O–H groups in total. The van der Waals surface area contributed by atoms with Crippen LogP contribution >= 0.6 is 0 Å². The number of nitrogens with one attached hydrogen (secondary N) is 1. The first kappa shape index (κ1) is 10.9. The third kappa shape index (κ3) is 1.70. The van der Waals surface area contributed by atoms with Crippen LogP contribution < -0.4 is 11.1 Å². The van der Waals surface area contributed by atoms with Crippen molar-refractivity contribution in [2.24, 2.45) is 0 Å². The molecule has 0 saturated heterocycles. The van der Waals surface area contributed by atoms with Gasteiger partial charge in [-0.05, 0) is 12.1 Å². The van der Waals surface area contributed by atoms with E-state index in [2.05, 4.69) is 5.32 Å². The maximum absolute atomic E-state index is 11.1. The predicted molar refractivity (Wildman–Crippen MR) is 49.8 cm³/mol. The Morgan fingerprint density at radius 2 is 1.85 bits per heavy atom. The Morgan fingerprint density at radius 1 is 1.15 bits per heavy atom. The normalized spacial score (nSPS) is 13.2. The Morgan fingerprint density at radius 3 is 2.46 bits per heavy atom. The zero-order valence-electron chi connectivity index (χ0n) is 6.13. The van der Waals surface area contributed by atoms with Gasteiger partial charge >= 0.3 is 51.4 Å². The van der Waals surface area contributed by atoms with Crippen molar-refractivity contribution in [2.45, 2.75) is 0 Å². The van der Waals surface area contributed by atoms with E-state index in [0.29, 0.717) is 16.8 Å². The Hall–Kier alpha value is -0.204. The number of nitrogen functional groups attached to an aromatic ring is 1. The molecular formula is C8H7KN2O2. The zero-order valence-corrected chi connectivity index (χ0v) is 6.13. The summed E-state index contributed by atoms with van der Waals surface area (Å²) in [5.41, 5.74) is 6.51. The van der Waals surface area contributed by atoms with Crippen molar-refractivity contribution in [3.8, 4) is 0 Å². The molecule has 0 fully saturated rings. The third-order valence-corrected chi connectivity index (χ3v) is 1.80. The molecule has 0 aromatic heterocycles. The summed E-state index contributed by atoms with van der Waals surface area (Å²) in [6.07, 6.45) is 0. The minimum atomic E-state index is -0.409. The molecule has 0 unspecified atom stereocenters. The number of carbonyl (C=O) groups excluding carboxylic acids is 2. The van der Waals surface area contributed by atoms with Crippen LogP contribution in [0.15, 0.2) is 18.2 Å². The fraction of sp³-hybridized carbons (Fsp3) is 0. The number of benzene rings is 1. The molecule has 13 heavy (non-hydrogen) atoms. The van der Waals surface area contributed by atoms with E-state index in [4.69, 9.17) is 5.73 Å². The molecule has 1 aromatic rings. The van der Waals surface area contributed by atoms with Crippen molar-refractivity contribution in [2.75, 3.05) is 5.73 Å². The van der Waals surface area contributed by atoms with E-state index >= 15 is 0 Å². The van der Waals surface area contributed by atoms with Crippen molar-refractivity contribution < 1.29 is 9.59 Å². The van der Waals surface area contributed by atoms with Gasteiger partial charge in [0.1, 0.15) is 0 Å². The third-order valence-electron chi connectivity index (χ3n) is 1.80. The molecule has 0 atom stereocenters. The second-order valence-corrected chi connectivity index (χ2v) is 2.55. The molecule has 0 bridgehead atoms. The van der Waals surface area contributed by atoms with Crippen LogP contribution in [0.2, 0.25) is 0 Å². The van der Waals surface area contributed by atoms with Crippen LogP contribution in [0.5, 0.6) is 0 Å². The molecule has 4 nitrogen and oxygen atoms in total. The molecule has 1 aliphatic heterocycles. The molecular weight excluding hydrogens is 195 g/mol. The molecule has 1 heterocycles. The number of fused-ring (bicyclic) bond motifs is 1. The van der Waals surface area contributed by atoms with Crippen molar-refractivity contribution >= 4 is 68.9 Å². The molecule has 5 heteroatoms. The number of carbonyl (C=O) groups is 2. The topological polar surface area (TPSA) is 72.2 Å². The van der Waals surface area contributed by atoms with Crippen molar-refractivity contribution in [1.82, 2.24) is 5.32 Å². The summed E-state index contributed by atoms with van der Waals surface area (Å²) in [5.74, 6) is -0.782. The first-order chi connectivity index (χ1) is 5.70. The van der Waals surface area contributed by atoms with E-state index in [1.165, 1.54) is 0 Å². The molecule has 62 valence electrons. The van der Waals surface area contributed by atoms with Gasteiger partial charge in [0.2, 0.25) is 0 Å². The van der Waals surface area contributed by atoms with Gasteiger partial charge in [0.05, 0.1) is 11.1 Å². The Bertz CT molecular complexity index is 390. The molecule has 1 aromatic carbocycles. The number of nitrogens with two attached hydrogens (primary N) is 1. The van der Waals surface area contributed by atoms with Gasteiger partial charge in [0.15, 0.2) is 0 Å². The molecule has 0 radical (unpaired) electrons. The Kier molecular flexibility index (Phi) is 3.26. The SMILES string of the molecule is Nc1cccc2c1C(=O)NC2=O.[KH]. The average Bonchev–Trinajstić information content (AvgIpc) is 2.29. The summed E-state index contributed by atoms with van der Waals surface area (Å²) in [6, 6.07) is 4.81. The summed E-state index contributed by atoms with van der Waals surface area (Å²) in [7, 11) is 0. The number of rotatable bonds is 0. The molecule has 2 amide bonds. The van der Waals surface area contributed by atoms with E-state index in [9.17, 15) is 9.59 Å². The van der Waals surface area contributed by atoms with Gasteiger partial charge < -0.3 is 5.73 Å². The first-order valence-electron chi connectivity index (χ1n) is 3.44. The predicted octanol–water partition coefficient (Wildman–Crippen LogP) is -0.496. The van der Waals surface area contributed by atoms with Crippen LogP contribution in [0.4, 0.5) is 5.69 Å². The minimum absolute atomic E-state index is 0. The van der Waals surface area contributed by atoms with Crippen LogP contribution in [0.1, 0.15) is 20.7 Å². The van der Waals surface area contributed by atoms with Gasteiger partial charge in [-0.1, -0.05) is 6.07 Å². The van der Waals surface area contributed by atoms with Gasteiger partial charge in [-0.2, -0.15) is 0 Å². The van der Waals surface area contributed by atoms with Gasteiger partial charge in [-0.3, -0.25) is 14.9 Å². The molecule has 2 rings (SSSR count). The summed E-state index contributed by atoms with van der Waals surface area (Å²) in [4.78, 5) is 22.1. The van der Waals surface area contributed by atoms with Crippen LogP contribution in [0.25, 0.3) is 0 Å². The monoisotopic (exact) mass is 202 g/mol. The van der Waals surface area contributed by atoms with Crippen molar-refractivity contribution in [1.29, 1.82) is 0 Å². The molecule has 1 aliphatic rings. The number of hydrogen-bond acceptors (Lipinski definition) is 3. The molecule has 0 spiro atoms. The number of imide groups is 1. The maximum atomic E-state index is 11.1. The Labute approximate surface area is 117 Å². The van der Waals surface area contributed by atoms with E-state index in [1.54, 1.807) is 18.2 Å². The van der Waals surface area contributed by atoms with Crippen molar-refractivity contribution in [3.63, 3.8) is 0 Å². The summed E-state index contributed by atoms with van der Waals surface area (Å²) in [5, 5.41) is 2.17. The standard InChI is InChI=1S/C8H6N2O2.K.H/c9-5-3-1-2-4-6(5)8(12)10-7(4)11;;/h1-3H,9H2,(H,10,11,12);;. The van der Waals surface area contributed by atoms with Crippen LogP contribution in [0.3, 0.4) is 0 Å². The quantitative estimate of drug-likeness (QED) is 0.338. The van der Waals surface area contributed by atoms with E-state index in [0.717, 1.165) is 0 Å². The molecule has 0 aliphatic carbocycles. The van der Waals surface area contributed by atoms with Gasteiger partial charge in [0.25, 0.3) is 11.8 Å². The van der Waals surface area contributed by atoms with Crippen LogP contribution in [-0.2, 0) is 0 Å². The van der Waals surface area contributed by atoms with Gasteiger partial charge in [-0.15, -0.1) is 0 Å². The van der Waals surface area contributed by atoms with E-state index < -0.39 is 5.91 Å². The van der Waals surface area contributed by atoms with E-state index in [-0.39, 0.29) is 57.3 Å². The fourth-order valence-corrected chi connectivity index (χ4v) is 1.25. The van der Waals surface area contributed by atoms with Gasteiger partial charge in [-0.25, -0.2) is 0 Å². The first-order valence-corrected chi connectivity index (χ1v) is 3.44. The summed E-state index contributed by atoms with van der Waals surface area (Å²) < 4.78 is 0. The Balaban J connectivity index is 0.000000845. The second-order valence-electron chi connectivity index (χ2n) is 2.55. The number of hydrogen-bond donors (Lipinski definition) is 2. The molecule has 0 saturated carbocycles. The van der Waals surface area contributed by atoms with Crippen LogP contribution in [0, 0.1) is 0 Å². The van der Waals surface area contributed by atoms with Crippen molar-refractivity contribution in [3.05, 3.63) is 29.3 Å². The second kappa shape index (κ2) is 3.89. The van der Waals surface area contributed by atoms with E-state index in [1.807, 2.05) is 0 Å². The fourth-order valence-electron chi connectivity index (χ4n) is 1.25. The summed E-state index contributed by atoms with van der Waals surface area (Å²) >= 11 is 0.